The highest BCUT2D eigenvalue weighted by atomic mass is 35.5. The number of amides is 1. The van der Waals surface area contributed by atoms with Crippen LogP contribution in [0.2, 0.25) is 5.02 Å². The van der Waals surface area contributed by atoms with Gasteiger partial charge < -0.3 is 35.0 Å². The van der Waals surface area contributed by atoms with Gasteiger partial charge in [-0.15, -0.1) is 0 Å². The molecule has 6 aromatic rings. The SMILES string of the molecule is C=CC(=O)N1CCN(c2nc(OC[C@@H]3C[C@@H](NCc4ccc(-n5c(-c6cc(C(C)C)c(O)cc6O)n[nH]c5=O)cc4)CN3C)nc3c2CCN(c2cccc4cccc(Cl)c24)C3)CC1CC#N. The number of benzene rings is 4. The lowest BCUT2D eigenvalue weighted by Crippen LogP contribution is -2.55. The summed E-state index contributed by atoms with van der Waals surface area (Å²) in [4.78, 5) is 44.4. The number of halogens is 1. The van der Waals surface area contributed by atoms with Crippen LogP contribution in [0.15, 0.2) is 90.2 Å². The largest absolute Gasteiger partial charge is 0.508 e. The molecule has 67 heavy (non-hydrogen) atoms. The quantitative estimate of drug-likeness (QED) is 0.0948. The number of fused-ring (bicyclic) bond motifs is 2. The van der Waals surface area contributed by atoms with Gasteiger partial charge in [0.05, 0.1) is 47.0 Å². The standard InChI is InChI=1S/C50H54ClN11O5/c1-5-45(65)61-21-20-60(27-35(61)16-18-52)47-37-17-19-59(42-11-7-9-32-8-6-10-40(51)46(32)42)28-41(37)54-49(55-47)67-29-36-22-33(26-58(36)4)53-25-31-12-14-34(15-13-31)62-48(56-57-50(62)66)39-23-38(30(2)3)43(63)24-44(39)64/h5-15,23-24,30,33,35-36,53,63-64H,1,16-17,19-22,25-29H2,2-4H3,(H,57,66)/t33-,35?,36+/m1/s1. The molecule has 3 aliphatic heterocycles. The number of carbonyl (C=O) groups excluding carboxylic acids is 1. The Bertz CT molecular complexity index is 2920. The third kappa shape index (κ3) is 9.14. The Morgan fingerprint density at radius 2 is 1.82 bits per heavy atom. The molecule has 17 heteroatoms. The molecule has 4 aromatic carbocycles. The number of nitriles is 1. The second-order valence-electron chi connectivity index (χ2n) is 17.9. The number of aromatic amines is 1. The molecule has 1 unspecified atom stereocenters. The van der Waals surface area contributed by atoms with Crippen LogP contribution >= 0.6 is 11.6 Å². The van der Waals surface area contributed by atoms with Crippen LogP contribution in [0, 0.1) is 11.3 Å². The summed E-state index contributed by atoms with van der Waals surface area (Å²) < 4.78 is 7.94. The number of hydrogen-bond donors (Lipinski definition) is 4. The number of carbonyl (C=O) groups is 1. The Morgan fingerprint density at radius 1 is 1.03 bits per heavy atom. The van der Waals surface area contributed by atoms with Gasteiger partial charge in [-0.2, -0.15) is 20.3 Å². The lowest BCUT2D eigenvalue weighted by atomic mass is 9.98. The van der Waals surface area contributed by atoms with E-state index in [2.05, 4.69) is 74.2 Å². The molecule has 0 radical (unpaired) electrons. The molecule has 346 valence electrons. The molecular weight excluding hydrogens is 870 g/mol. The van der Waals surface area contributed by atoms with Crippen LogP contribution < -0.4 is 25.5 Å². The maximum absolute atomic E-state index is 13.0. The molecule has 3 atom stereocenters. The van der Waals surface area contributed by atoms with Crippen LogP contribution in [-0.2, 0) is 24.3 Å². The van der Waals surface area contributed by atoms with E-state index in [0.717, 1.165) is 58.6 Å². The molecule has 1 amide bonds. The average Bonchev–Trinajstić information content (AvgIpc) is 3.89. The van der Waals surface area contributed by atoms with E-state index in [-0.39, 0.29) is 53.7 Å². The van der Waals surface area contributed by atoms with E-state index in [0.29, 0.717) is 73.6 Å². The lowest BCUT2D eigenvalue weighted by Gasteiger charge is -2.42. The van der Waals surface area contributed by atoms with Crippen molar-refractivity contribution in [3.63, 3.8) is 0 Å². The van der Waals surface area contributed by atoms with Crippen LogP contribution in [0.5, 0.6) is 17.5 Å². The van der Waals surface area contributed by atoms with E-state index in [4.69, 9.17) is 26.3 Å². The van der Waals surface area contributed by atoms with Crippen molar-refractivity contribution in [2.75, 3.05) is 56.2 Å². The number of phenols is 2. The van der Waals surface area contributed by atoms with Gasteiger partial charge in [-0.1, -0.05) is 68.4 Å². The Hall–Kier alpha value is -6.93. The molecule has 4 N–H and O–H groups in total. The number of likely N-dealkylation sites (N-methyl/N-ethyl adjacent to an activating group) is 1. The number of phenolic OH excluding ortho intramolecular Hbond substituents is 2. The van der Waals surface area contributed by atoms with E-state index < -0.39 is 5.69 Å². The summed E-state index contributed by atoms with van der Waals surface area (Å²) in [6, 6.07) is 25.3. The maximum Gasteiger partial charge on any atom is 0.348 e. The predicted octanol–water partition coefficient (Wildman–Crippen LogP) is 6.28. The van der Waals surface area contributed by atoms with E-state index >= 15 is 0 Å². The lowest BCUT2D eigenvalue weighted by molar-refractivity contribution is -0.128. The van der Waals surface area contributed by atoms with Gasteiger partial charge in [0.1, 0.15) is 23.9 Å². The third-order valence-electron chi connectivity index (χ3n) is 13.3. The van der Waals surface area contributed by atoms with Gasteiger partial charge in [0.15, 0.2) is 5.82 Å². The number of ether oxygens (including phenoxy) is 1. The normalized spacial score (nSPS) is 18.6. The number of hydrogen-bond acceptors (Lipinski definition) is 13. The Kier molecular flexibility index (Phi) is 12.9. The summed E-state index contributed by atoms with van der Waals surface area (Å²) in [6.45, 7) is 12.0. The second kappa shape index (κ2) is 19.1. The van der Waals surface area contributed by atoms with E-state index in [1.165, 1.54) is 16.7 Å². The monoisotopic (exact) mass is 923 g/mol. The zero-order chi connectivity index (χ0) is 46.9. The van der Waals surface area contributed by atoms with Gasteiger partial charge in [0.2, 0.25) is 5.91 Å². The van der Waals surface area contributed by atoms with Gasteiger partial charge in [-0.25, -0.2) is 14.5 Å². The van der Waals surface area contributed by atoms with E-state index in [9.17, 15) is 25.1 Å². The van der Waals surface area contributed by atoms with Crippen LogP contribution in [0.3, 0.4) is 0 Å². The molecule has 0 saturated carbocycles. The molecule has 2 saturated heterocycles. The molecule has 16 nitrogen and oxygen atoms in total. The minimum atomic E-state index is -0.448. The van der Waals surface area contributed by atoms with E-state index in [1.54, 1.807) is 11.0 Å². The summed E-state index contributed by atoms with van der Waals surface area (Å²) in [7, 11) is 2.09. The van der Waals surface area contributed by atoms with Gasteiger partial charge in [-0.3, -0.25) is 9.69 Å². The molecule has 2 aromatic heterocycles. The van der Waals surface area contributed by atoms with Crippen LogP contribution in [0.1, 0.15) is 55.0 Å². The number of aromatic hydroxyl groups is 2. The first-order valence-corrected chi connectivity index (χ1v) is 23.0. The number of aromatic nitrogens is 5. The highest BCUT2D eigenvalue weighted by Crippen LogP contribution is 2.39. The summed E-state index contributed by atoms with van der Waals surface area (Å²) in [6.07, 6.45) is 3.02. The highest BCUT2D eigenvalue weighted by Gasteiger charge is 2.35. The van der Waals surface area contributed by atoms with Crippen LogP contribution in [0.4, 0.5) is 11.5 Å². The van der Waals surface area contributed by atoms with Crippen molar-refractivity contribution in [1.82, 2.24) is 39.8 Å². The molecular formula is C50H54ClN11O5. The number of H-pyrrole nitrogens is 1. The Morgan fingerprint density at radius 3 is 2.58 bits per heavy atom. The Balaban J connectivity index is 0.895. The number of rotatable bonds is 13. The van der Waals surface area contributed by atoms with Crippen LogP contribution in [0.25, 0.3) is 27.8 Å². The fraction of sp³-hybridized carbons (Fsp3) is 0.360. The van der Waals surface area contributed by atoms with Gasteiger partial charge in [0.25, 0.3) is 0 Å². The first kappa shape index (κ1) is 45.2. The molecule has 0 spiro atoms. The zero-order valence-electron chi connectivity index (χ0n) is 37.8. The van der Waals surface area contributed by atoms with Crippen molar-refractivity contribution in [2.24, 2.45) is 0 Å². The second-order valence-corrected chi connectivity index (χ2v) is 18.3. The minimum absolute atomic E-state index is 0.0137. The molecule has 9 rings (SSSR count). The summed E-state index contributed by atoms with van der Waals surface area (Å²) in [5, 5.41) is 44.0. The van der Waals surface area contributed by atoms with Gasteiger partial charge in [0, 0.05) is 74.1 Å². The third-order valence-corrected chi connectivity index (χ3v) is 13.6. The fourth-order valence-electron chi connectivity index (χ4n) is 9.77. The van der Waals surface area contributed by atoms with Gasteiger partial charge in [-0.05, 0) is 78.7 Å². The Labute approximate surface area is 393 Å². The van der Waals surface area contributed by atoms with Gasteiger partial charge >= 0.3 is 11.7 Å². The molecule has 2 fully saturated rings. The molecule has 3 aliphatic rings. The van der Waals surface area contributed by atoms with Crippen molar-refractivity contribution in [3.05, 3.63) is 123 Å². The summed E-state index contributed by atoms with van der Waals surface area (Å²) >= 11 is 6.79. The maximum atomic E-state index is 13.0. The van der Waals surface area contributed by atoms with Crippen molar-refractivity contribution in [3.8, 4) is 40.7 Å². The zero-order valence-corrected chi connectivity index (χ0v) is 38.6. The molecule has 0 aliphatic carbocycles. The van der Waals surface area contributed by atoms with Crippen molar-refractivity contribution < 1.29 is 19.7 Å². The number of nitrogens with zero attached hydrogens (tertiary/aromatic N) is 9. The topological polar surface area (TPSA) is 192 Å². The summed E-state index contributed by atoms with van der Waals surface area (Å²) in [5.74, 6) is 0.630. The number of likely N-dealkylation sites (tertiary alicyclic amines) is 1. The fourth-order valence-corrected chi connectivity index (χ4v) is 10.0. The van der Waals surface area contributed by atoms with Crippen molar-refractivity contribution >= 4 is 39.8 Å². The first-order valence-electron chi connectivity index (χ1n) is 22.7. The average molecular weight is 925 g/mol. The molecule has 5 heterocycles. The van der Waals surface area contributed by atoms with Crippen molar-refractivity contribution in [1.29, 1.82) is 5.26 Å². The molecule has 0 bridgehead atoms. The predicted molar refractivity (Wildman–Crippen MR) is 258 cm³/mol. The first-order chi connectivity index (χ1) is 32.4. The summed E-state index contributed by atoms with van der Waals surface area (Å²) in [5.41, 5.74) is 5.09. The minimum Gasteiger partial charge on any atom is -0.508 e. The number of nitrogens with one attached hydrogen (secondary N) is 2. The highest BCUT2D eigenvalue weighted by molar-refractivity contribution is 6.36. The smallest absolute Gasteiger partial charge is 0.348 e. The van der Waals surface area contributed by atoms with Crippen molar-refractivity contribution in [2.45, 2.75) is 70.2 Å². The van der Waals surface area contributed by atoms with E-state index in [1.807, 2.05) is 50.2 Å². The van der Waals surface area contributed by atoms with Crippen LogP contribution in [-0.4, -0.2) is 115 Å². The number of piperazine rings is 1. The number of anilines is 2.